The van der Waals surface area contributed by atoms with E-state index in [0.717, 1.165) is 37.9 Å². The van der Waals surface area contributed by atoms with E-state index in [4.69, 9.17) is 5.11 Å². The highest BCUT2D eigenvalue weighted by molar-refractivity contribution is 7.89. The van der Waals surface area contributed by atoms with Crippen LogP contribution in [0, 0.1) is 0 Å². The third-order valence-electron chi connectivity index (χ3n) is 3.19. The lowest BCUT2D eigenvalue weighted by Gasteiger charge is -2.09. The minimum atomic E-state index is -3.36. The number of hydrogen-bond acceptors (Lipinski definition) is 4. The number of benzene rings is 1. The van der Waals surface area contributed by atoms with E-state index in [-0.39, 0.29) is 12.1 Å². The van der Waals surface area contributed by atoms with E-state index in [1.54, 1.807) is 31.2 Å². The van der Waals surface area contributed by atoms with Crippen molar-refractivity contribution in [3.8, 4) is 0 Å². The summed E-state index contributed by atoms with van der Waals surface area (Å²) < 4.78 is 26.6. The zero-order chi connectivity index (χ0) is 14.6. The van der Waals surface area contributed by atoms with Crippen molar-refractivity contribution in [2.24, 2.45) is 0 Å². The molecule has 0 bridgehead atoms. The van der Waals surface area contributed by atoms with Crippen LogP contribution in [0.25, 0.3) is 0 Å². The molecular weight excluding hydrogens is 276 g/mol. The van der Waals surface area contributed by atoms with Crippen molar-refractivity contribution in [3.05, 3.63) is 24.3 Å². The molecule has 0 aromatic heterocycles. The van der Waals surface area contributed by atoms with Gasteiger partial charge in [0, 0.05) is 18.3 Å². The highest BCUT2D eigenvalue weighted by Crippen LogP contribution is 2.22. The lowest BCUT2D eigenvalue weighted by Crippen LogP contribution is -2.25. The van der Waals surface area contributed by atoms with Gasteiger partial charge in [-0.2, -0.15) is 0 Å². The molecule has 1 saturated carbocycles. The smallest absolute Gasteiger partial charge is 0.240 e. The Morgan fingerprint density at radius 1 is 1.30 bits per heavy atom. The predicted octanol–water partition coefficient (Wildman–Crippen LogP) is 1.70. The summed E-state index contributed by atoms with van der Waals surface area (Å²) in [5.74, 6) is 0. The Morgan fingerprint density at radius 3 is 2.50 bits per heavy atom. The van der Waals surface area contributed by atoms with E-state index in [1.807, 2.05) is 0 Å². The van der Waals surface area contributed by atoms with Crippen LogP contribution >= 0.6 is 0 Å². The zero-order valence-corrected chi connectivity index (χ0v) is 12.5. The van der Waals surface area contributed by atoms with Gasteiger partial charge in [-0.1, -0.05) is 0 Å². The first-order valence-electron chi connectivity index (χ1n) is 7.02. The molecule has 0 aliphatic heterocycles. The first kappa shape index (κ1) is 15.3. The molecule has 112 valence electrons. The van der Waals surface area contributed by atoms with E-state index in [9.17, 15) is 8.42 Å². The molecule has 1 aliphatic carbocycles. The monoisotopic (exact) mass is 298 g/mol. The number of aliphatic hydroxyl groups excluding tert-OH is 1. The zero-order valence-electron chi connectivity index (χ0n) is 11.7. The van der Waals surface area contributed by atoms with Crippen LogP contribution in [-0.4, -0.2) is 32.2 Å². The number of nitrogens with one attached hydrogen (secondary N) is 2. The van der Waals surface area contributed by atoms with Gasteiger partial charge in [0.15, 0.2) is 0 Å². The summed E-state index contributed by atoms with van der Waals surface area (Å²) >= 11 is 0. The van der Waals surface area contributed by atoms with E-state index in [0.29, 0.717) is 4.90 Å². The molecule has 3 N–H and O–H groups in total. The van der Waals surface area contributed by atoms with Crippen LogP contribution in [0.1, 0.15) is 32.6 Å². The molecule has 0 spiro atoms. The van der Waals surface area contributed by atoms with Crippen molar-refractivity contribution in [1.82, 2.24) is 4.72 Å². The quantitative estimate of drug-likeness (QED) is 0.638. The standard InChI is InChI=1S/C14H22N2O3S/c1-11(17)3-2-10-15-12-6-8-14(9-7-12)20(18,19)16-13-4-5-13/h6-9,11,13,15-17H,2-5,10H2,1H3. The summed E-state index contributed by atoms with van der Waals surface area (Å²) in [6, 6.07) is 6.88. The molecule has 6 heteroatoms. The molecule has 1 unspecified atom stereocenters. The highest BCUT2D eigenvalue weighted by atomic mass is 32.2. The lowest BCUT2D eigenvalue weighted by atomic mass is 10.2. The first-order valence-corrected chi connectivity index (χ1v) is 8.50. The fourth-order valence-electron chi connectivity index (χ4n) is 1.87. The van der Waals surface area contributed by atoms with Gasteiger partial charge in [-0.3, -0.25) is 0 Å². The van der Waals surface area contributed by atoms with Gasteiger partial charge in [0.1, 0.15) is 0 Å². The number of aliphatic hydroxyl groups is 1. The van der Waals surface area contributed by atoms with Crippen molar-refractivity contribution in [3.63, 3.8) is 0 Å². The minimum Gasteiger partial charge on any atom is -0.393 e. The number of anilines is 1. The highest BCUT2D eigenvalue weighted by Gasteiger charge is 2.27. The van der Waals surface area contributed by atoms with Crippen LogP contribution in [0.4, 0.5) is 5.69 Å². The molecule has 2 rings (SSSR count). The Labute approximate surface area is 120 Å². The van der Waals surface area contributed by atoms with Crippen LogP contribution < -0.4 is 10.0 Å². The van der Waals surface area contributed by atoms with E-state index in [2.05, 4.69) is 10.0 Å². The maximum absolute atomic E-state index is 12.0. The van der Waals surface area contributed by atoms with E-state index < -0.39 is 10.0 Å². The fourth-order valence-corrected chi connectivity index (χ4v) is 3.18. The van der Waals surface area contributed by atoms with Crippen LogP contribution in [-0.2, 0) is 10.0 Å². The molecule has 5 nitrogen and oxygen atoms in total. The second-order valence-corrected chi connectivity index (χ2v) is 7.05. The summed E-state index contributed by atoms with van der Waals surface area (Å²) in [7, 11) is -3.36. The Balaban J connectivity index is 1.85. The van der Waals surface area contributed by atoms with Crippen molar-refractivity contribution in [2.75, 3.05) is 11.9 Å². The van der Waals surface area contributed by atoms with E-state index in [1.165, 1.54) is 0 Å². The van der Waals surface area contributed by atoms with Crippen molar-refractivity contribution in [2.45, 2.75) is 49.6 Å². The van der Waals surface area contributed by atoms with E-state index >= 15 is 0 Å². The molecule has 1 atom stereocenters. The van der Waals surface area contributed by atoms with Gasteiger partial charge in [0.25, 0.3) is 0 Å². The average molecular weight is 298 g/mol. The van der Waals surface area contributed by atoms with Crippen LogP contribution in [0.2, 0.25) is 0 Å². The van der Waals surface area contributed by atoms with Crippen molar-refractivity contribution < 1.29 is 13.5 Å². The SMILES string of the molecule is CC(O)CCCNc1ccc(S(=O)(=O)NC2CC2)cc1. The maximum atomic E-state index is 12.0. The Hall–Kier alpha value is -1.11. The normalized spacial score (nSPS) is 16.9. The molecule has 1 aromatic carbocycles. The minimum absolute atomic E-state index is 0.123. The number of hydrogen-bond donors (Lipinski definition) is 3. The molecule has 20 heavy (non-hydrogen) atoms. The average Bonchev–Trinajstić information content (AvgIpc) is 3.18. The van der Waals surface area contributed by atoms with Crippen molar-refractivity contribution in [1.29, 1.82) is 0 Å². The molecule has 0 saturated heterocycles. The summed E-state index contributed by atoms with van der Waals surface area (Å²) in [6.45, 7) is 2.53. The summed E-state index contributed by atoms with van der Waals surface area (Å²) in [4.78, 5) is 0.305. The molecule has 1 aliphatic rings. The topological polar surface area (TPSA) is 78.4 Å². The van der Waals surface area contributed by atoms with Gasteiger partial charge < -0.3 is 10.4 Å². The second kappa shape index (κ2) is 6.56. The van der Waals surface area contributed by atoms with Crippen LogP contribution in [0.15, 0.2) is 29.2 Å². The molecule has 1 aromatic rings. The maximum Gasteiger partial charge on any atom is 0.240 e. The fraction of sp³-hybridized carbons (Fsp3) is 0.571. The third-order valence-corrected chi connectivity index (χ3v) is 4.73. The van der Waals surface area contributed by atoms with Crippen LogP contribution in [0.5, 0.6) is 0 Å². The summed E-state index contributed by atoms with van der Waals surface area (Å²) in [5, 5.41) is 12.4. The number of sulfonamides is 1. The summed E-state index contributed by atoms with van der Waals surface area (Å²) in [6.07, 6.45) is 3.22. The van der Waals surface area contributed by atoms with Gasteiger partial charge in [-0.25, -0.2) is 13.1 Å². The van der Waals surface area contributed by atoms with Crippen LogP contribution in [0.3, 0.4) is 0 Å². The Bertz CT molecular complexity index is 522. The largest absolute Gasteiger partial charge is 0.393 e. The van der Waals surface area contributed by atoms with Gasteiger partial charge in [-0.05, 0) is 56.9 Å². The Morgan fingerprint density at radius 2 is 1.95 bits per heavy atom. The third kappa shape index (κ3) is 4.77. The van der Waals surface area contributed by atoms with Crippen molar-refractivity contribution >= 4 is 15.7 Å². The van der Waals surface area contributed by atoms with Gasteiger partial charge in [-0.15, -0.1) is 0 Å². The van der Waals surface area contributed by atoms with Gasteiger partial charge >= 0.3 is 0 Å². The first-order chi connectivity index (χ1) is 9.47. The second-order valence-electron chi connectivity index (χ2n) is 5.34. The summed E-state index contributed by atoms with van der Waals surface area (Å²) in [5.41, 5.74) is 0.890. The Kier molecular flexibility index (Phi) is 5.01. The predicted molar refractivity (Wildman–Crippen MR) is 79.2 cm³/mol. The molecule has 1 fully saturated rings. The molecule has 0 amide bonds. The molecule has 0 heterocycles. The molecular formula is C14H22N2O3S. The lowest BCUT2D eigenvalue weighted by molar-refractivity contribution is 0.183. The van der Waals surface area contributed by atoms with Gasteiger partial charge in [0.05, 0.1) is 11.0 Å². The molecule has 0 radical (unpaired) electrons. The van der Waals surface area contributed by atoms with Gasteiger partial charge in [0.2, 0.25) is 10.0 Å². The number of rotatable bonds is 8.